The molecule has 0 saturated heterocycles. The lowest BCUT2D eigenvalue weighted by molar-refractivity contribution is -0.126. The first kappa shape index (κ1) is 18.9. The number of carbonyl (C=O) groups excluding carboxylic acids is 1. The molecule has 0 aliphatic heterocycles. The first-order valence-corrected chi connectivity index (χ1v) is 11.2. The first-order valence-electron chi connectivity index (χ1n) is 9.76. The van der Waals surface area contributed by atoms with Crippen LogP contribution in [0.5, 0.6) is 0 Å². The van der Waals surface area contributed by atoms with E-state index in [1.807, 2.05) is 56.3 Å². The Morgan fingerprint density at radius 3 is 2.36 bits per heavy atom. The number of carbonyl (C=O) groups is 1. The highest BCUT2D eigenvalue weighted by molar-refractivity contribution is 7.89. The van der Waals surface area contributed by atoms with E-state index >= 15 is 0 Å². The summed E-state index contributed by atoms with van der Waals surface area (Å²) >= 11 is 0. The van der Waals surface area contributed by atoms with Gasteiger partial charge < -0.3 is 0 Å². The smallest absolute Gasteiger partial charge is 0.264 e. The lowest BCUT2D eigenvalue weighted by atomic mass is 9.64. The summed E-state index contributed by atoms with van der Waals surface area (Å²) in [5, 5.41) is 0. The van der Waals surface area contributed by atoms with Crippen LogP contribution in [0.25, 0.3) is 0 Å². The number of benzene rings is 2. The van der Waals surface area contributed by atoms with Crippen molar-refractivity contribution in [3.05, 3.63) is 77.0 Å². The Morgan fingerprint density at radius 1 is 1.00 bits per heavy atom. The molecule has 0 radical (unpaired) electrons. The zero-order valence-electron chi connectivity index (χ0n) is 16.3. The quantitative estimate of drug-likeness (QED) is 0.751. The molecule has 4 nitrogen and oxygen atoms in total. The molecule has 146 valence electrons. The van der Waals surface area contributed by atoms with Crippen LogP contribution in [-0.2, 0) is 21.4 Å². The summed E-state index contributed by atoms with van der Waals surface area (Å²) in [7, 11) is -3.76. The zero-order chi connectivity index (χ0) is 19.9. The van der Waals surface area contributed by atoms with Gasteiger partial charge in [-0.05, 0) is 55.9 Å². The summed E-state index contributed by atoms with van der Waals surface area (Å²) in [6.45, 7) is 4.15. The van der Waals surface area contributed by atoms with Crippen LogP contribution < -0.4 is 0 Å². The lowest BCUT2D eigenvalue weighted by Gasteiger charge is -2.47. The van der Waals surface area contributed by atoms with Crippen LogP contribution in [0.15, 0.2) is 70.8 Å². The Bertz CT molecular complexity index is 1020. The third-order valence-corrected chi connectivity index (χ3v) is 7.76. The van der Waals surface area contributed by atoms with Gasteiger partial charge in [0.2, 0.25) is 0 Å². The van der Waals surface area contributed by atoms with Crippen molar-refractivity contribution in [1.29, 1.82) is 0 Å². The second kappa shape index (κ2) is 7.21. The molecule has 0 aromatic heterocycles. The van der Waals surface area contributed by atoms with Crippen molar-refractivity contribution in [1.82, 2.24) is 4.31 Å². The molecule has 2 aromatic carbocycles. The number of rotatable bonds is 5. The standard InChI is InChI=1S/C23H25NO3S/c1-16-11-13-19(14-12-16)28(26,27)24(15-18-7-4-3-5-8-18)23-17(2)20-9-6-10-21(25)22(20)23/h3-5,7-8,11-14,20,22H,6,9-10,15H2,1-2H3/t20-,22+/m1/s1. The van der Waals surface area contributed by atoms with Crippen molar-refractivity contribution in [3.63, 3.8) is 0 Å². The molecule has 2 aliphatic carbocycles. The highest BCUT2D eigenvalue weighted by Gasteiger charge is 2.49. The number of aryl methyl sites for hydroxylation is 1. The van der Waals surface area contributed by atoms with Crippen molar-refractivity contribution < 1.29 is 13.2 Å². The van der Waals surface area contributed by atoms with Gasteiger partial charge in [-0.25, -0.2) is 8.42 Å². The van der Waals surface area contributed by atoms with Crippen LogP contribution in [0.1, 0.15) is 37.3 Å². The van der Waals surface area contributed by atoms with Crippen LogP contribution >= 0.6 is 0 Å². The summed E-state index contributed by atoms with van der Waals surface area (Å²) in [5.41, 5.74) is 3.66. The molecule has 2 aliphatic rings. The molecular weight excluding hydrogens is 370 g/mol. The van der Waals surface area contributed by atoms with E-state index in [0.29, 0.717) is 12.1 Å². The van der Waals surface area contributed by atoms with E-state index in [9.17, 15) is 13.2 Å². The maximum atomic E-state index is 13.6. The molecule has 0 bridgehead atoms. The summed E-state index contributed by atoms with van der Waals surface area (Å²) < 4.78 is 28.7. The second-order valence-electron chi connectivity index (χ2n) is 7.82. The summed E-state index contributed by atoms with van der Waals surface area (Å²) in [6, 6.07) is 16.5. The van der Waals surface area contributed by atoms with Crippen molar-refractivity contribution >= 4 is 15.8 Å². The predicted octanol–water partition coefficient (Wildman–Crippen LogP) is 4.46. The number of hydrogen-bond donors (Lipinski definition) is 0. The Balaban J connectivity index is 1.80. The topological polar surface area (TPSA) is 54.5 Å². The van der Waals surface area contributed by atoms with Crippen LogP contribution in [-0.4, -0.2) is 18.5 Å². The SMILES string of the molecule is CC1=C(N(Cc2ccccc2)S(=O)(=O)c2ccc(C)cc2)[C@@H]2C(=O)CCC[C@H]12. The molecule has 2 atom stereocenters. The van der Waals surface area contributed by atoms with Gasteiger partial charge in [-0.3, -0.25) is 9.10 Å². The zero-order valence-corrected chi connectivity index (χ0v) is 17.1. The molecule has 0 spiro atoms. The molecule has 0 heterocycles. The minimum absolute atomic E-state index is 0.175. The maximum Gasteiger partial charge on any atom is 0.264 e. The van der Waals surface area contributed by atoms with Gasteiger partial charge in [0.1, 0.15) is 5.78 Å². The monoisotopic (exact) mass is 395 g/mol. The number of sulfonamides is 1. The Kier molecular flexibility index (Phi) is 4.88. The summed E-state index contributed by atoms with van der Waals surface area (Å²) in [5.74, 6) is 0.0921. The molecule has 1 saturated carbocycles. The van der Waals surface area contributed by atoms with Crippen LogP contribution in [0.4, 0.5) is 0 Å². The fraction of sp³-hybridized carbons (Fsp3) is 0.348. The number of Topliss-reactive ketones (excluding diaryl/α,β-unsaturated/α-hetero) is 1. The molecule has 4 rings (SSSR count). The molecule has 1 fully saturated rings. The minimum atomic E-state index is -3.76. The minimum Gasteiger partial charge on any atom is -0.299 e. The van der Waals surface area contributed by atoms with E-state index in [1.54, 1.807) is 12.1 Å². The van der Waals surface area contributed by atoms with Gasteiger partial charge in [-0.2, -0.15) is 0 Å². The van der Waals surface area contributed by atoms with E-state index in [0.717, 1.165) is 29.5 Å². The van der Waals surface area contributed by atoms with E-state index in [2.05, 4.69) is 0 Å². The van der Waals surface area contributed by atoms with Crippen molar-refractivity contribution in [2.75, 3.05) is 0 Å². The summed E-state index contributed by atoms with van der Waals surface area (Å²) in [6.07, 6.45) is 2.41. The first-order chi connectivity index (χ1) is 13.4. The molecule has 0 amide bonds. The molecule has 0 N–H and O–H groups in total. The number of nitrogens with zero attached hydrogens (tertiary/aromatic N) is 1. The third-order valence-electron chi connectivity index (χ3n) is 5.99. The molecular formula is C23H25NO3S. The van der Waals surface area contributed by atoms with Crippen LogP contribution in [0.2, 0.25) is 0 Å². The van der Waals surface area contributed by atoms with E-state index in [1.165, 1.54) is 4.31 Å². The van der Waals surface area contributed by atoms with Crippen molar-refractivity contribution in [3.8, 4) is 0 Å². The number of ketones is 1. The van der Waals surface area contributed by atoms with Gasteiger partial charge >= 0.3 is 0 Å². The van der Waals surface area contributed by atoms with Gasteiger partial charge in [-0.15, -0.1) is 0 Å². The molecule has 5 heteroatoms. The van der Waals surface area contributed by atoms with Gasteiger partial charge in [0.25, 0.3) is 10.0 Å². The van der Waals surface area contributed by atoms with Gasteiger partial charge in [0.15, 0.2) is 0 Å². The Morgan fingerprint density at radius 2 is 1.68 bits per heavy atom. The predicted molar refractivity (Wildman–Crippen MR) is 109 cm³/mol. The summed E-state index contributed by atoms with van der Waals surface area (Å²) in [4.78, 5) is 12.9. The third kappa shape index (κ3) is 3.18. The number of fused-ring (bicyclic) bond motifs is 1. The van der Waals surface area contributed by atoms with Gasteiger partial charge in [0, 0.05) is 12.1 Å². The normalized spacial score (nSPS) is 21.9. The van der Waals surface area contributed by atoms with Crippen molar-refractivity contribution in [2.45, 2.75) is 44.6 Å². The van der Waals surface area contributed by atoms with Gasteiger partial charge in [0.05, 0.1) is 17.4 Å². The lowest BCUT2D eigenvalue weighted by Crippen LogP contribution is -2.47. The molecule has 28 heavy (non-hydrogen) atoms. The van der Waals surface area contributed by atoms with Crippen LogP contribution in [0.3, 0.4) is 0 Å². The van der Waals surface area contributed by atoms with Gasteiger partial charge in [-0.1, -0.05) is 48.0 Å². The Hall–Kier alpha value is -2.40. The van der Waals surface area contributed by atoms with E-state index in [-0.39, 0.29) is 29.1 Å². The van der Waals surface area contributed by atoms with Crippen LogP contribution in [0, 0.1) is 18.8 Å². The van der Waals surface area contributed by atoms with E-state index in [4.69, 9.17) is 0 Å². The Labute approximate surface area is 166 Å². The highest BCUT2D eigenvalue weighted by atomic mass is 32.2. The molecule has 2 aromatic rings. The van der Waals surface area contributed by atoms with Crippen molar-refractivity contribution in [2.24, 2.45) is 11.8 Å². The fourth-order valence-electron chi connectivity index (χ4n) is 4.43. The largest absolute Gasteiger partial charge is 0.299 e. The number of allylic oxidation sites excluding steroid dienone is 2. The second-order valence-corrected chi connectivity index (χ2v) is 9.68. The average Bonchev–Trinajstić information content (AvgIpc) is 2.69. The average molecular weight is 396 g/mol. The van der Waals surface area contributed by atoms with E-state index < -0.39 is 10.0 Å². The molecule has 0 unspecified atom stereocenters. The fourth-order valence-corrected chi connectivity index (χ4v) is 6.00. The number of hydrogen-bond acceptors (Lipinski definition) is 3. The maximum absolute atomic E-state index is 13.6. The highest BCUT2D eigenvalue weighted by Crippen LogP contribution is 2.50.